The summed E-state index contributed by atoms with van der Waals surface area (Å²) in [6.07, 6.45) is 1.83. The predicted molar refractivity (Wildman–Crippen MR) is 49.7 cm³/mol. The molecule has 0 aromatic heterocycles. The van der Waals surface area contributed by atoms with Gasteiger partial charge in [-0.05, 0) is 31.9 Å². The van der Waals surface area contributed by atoms with Gasteiger partial charge in [0.05, 0.1) is 5.69 Å². The van der Waals surface area contributed by atoms with E-state index in [1.54, 1.807) is 0 Å². The normalized spacial score (nSPS) is 10.8. The van der Waals surface area contributed by atoms with E-state index in [0.717, 1.165) is 5.69 Å². The molecule has 1 aromatic rings. The number of rotatable bonds is 1. The molecular formula is C10H13N. The molecule has 0 aliphatic carbocycles. The number of nitrogens with zero attached hydrogens (tertiary/aromatic N) is 1. The van der Waals surface area contributed by atoms with E-state index in [1.807, 2.05) is 13.1 Å². The van der Waals surface area contributed by atoms with E-state index in [1.165, 1.54) is 11.1 Å². The second-order valence-electron chi connectivity index (χ2n) is 2.63. The SMILES string of the molecule is C/C=N/c1c(C)cccc1C. The van der Waals surface area contributed by atoms with E-state index in [2.05, 4.69) is 37.0 Å². The molecule has 0 saturated heterocycles. The van der Waals surface area contributed by atoms with Crippen molar-refractivity contribution in [1.29, 1.82) is 0 Å². The Labute approximate surface area is 67.8 Å². The fraction of sp³-hybridized carbons (Fsp3) is 0.300. The average molecular weight is 147 g/mol. The van der Waals surface area contributed by atoms with E-state index in [9.17, 15) is 0 Å². The summed E-state index contributed by atoms with van der Waals surface area (Å²) >= 11 is 0. The number of para-hydroxylation sites is 1. The zero-order valence-corrected chi connectivity index (χ0v) is 7.26. The van der Waals surface area contributed by atoms with Crippen LogP contribution in [0.3, 0.4) is 0 Å². The zero-order chi connectivity index (χ0) is 8.27. The molecule has 1 nitrogen and oxygen atoms in total. The maximum Gasteiger partial charge on any atom is 0.0683 e. The molecule has 0 saturated carbocycles. The third-order valence-corrected chi connectivity index (χ3v) is 1.70. The number of hydrogen-bond donors (Lipinski definition) is 0. The first kappa shape index (κ1) is 7.99. The molecule has 0 N–H and O–H groups in total. The van der Waals surface area contributed by atoms with Crippen LogP contribution in [0.1, 0.15) is 18.1 Å². The first-order valence-electron chi connectivity index (χ1n) is 3.80. The highest BCUT2D eigenvalue weighted by atomic mass is 14.7. The van der Waals surface area contributed by atoms with Crippen molar-refractivity contribution in [3.63, 3.8) is 0 Å². The minimum Gasteiger partial charge on any atom is -0.261 e. The molecule has 0 fully saturated rings. The molecule has 0 spiro atoms. The van der Waals surface area contributed by atoms with Gasteiger partial charge in [0, 0.05) is 6.21 Å². The van der Waals surface area contributed by atoms with Gasteiger partial charge in [-0.25, -0.2) is 0 Å². The molecule has 0 unspecified atom stereocenters. The molecule has 0 heterocycles. The lowest BCUT2D eigenvalue weighted by Gasteiger charge is -2.02. The van der Waals surface area contributed by atoms with Crippen molar-refractivity contribution in [1.82, 2.24) is 0 Å². The van der Waals surface area contributed by atoms with Gasteiger partial charge in [-0.2, -0.15) is 0 Å². The number of benzene rings is 1. The highest BCUT2D eigenvalue weighted by molar-refractivity contribution is 5.64. The van der Waals surface area contributed by atoms with Gasteiger partial charge in [0.25, 0.3) is 0 Å². The van der Waals surface area contributed by atoms with Crippen molar-refractivity contribution in [2.45, 2.75) is 20.8 Å². The van der Waals surface area contributed by atoms with E-state index in [-0.39, 0.29) is 0 Å². The van der Waals surface area contributed by atoms with Crippen molar-refractivity contribution < 1.29 is 0 Å². The second kappa shape index (κ2) is 3.33. The molecule has 0 aliphatic rings. The van der Waals surface area contributed by atoms with Crippen LogP contribution >= 0.6 is 0 Å². The zero-order valence-electron chi connectivity index (χ0n) is 7.26. The van der Waals surface area contributed by atoms with Crippen LogP contribution in [0, 0.1) is 13.8 Å². The van der Waals surface area contributed by atoms with Gasteiger partial charge >= 0.3 is 0 Å². The maximum atomic E-state index is 4.28. The minimum absolute atomic E-state index is 1.11. The average Bonchev–Trinajstić information content (AvgIpc) is 1.97. The van der Waals surface area contributed by atoms with Crippen LogP contribution in [0.25, 0.3) is 0 Å². The Kier molecular flexibility index (Phi) is 2.42. The Morgan fingerprint density at radius 3 is 2.18 bits per heavy atom. The molecule has 1 aromatic carbocycles. The van der Waals surface area contributed by atoms with Crippen LogP contribution in [0.15, 0.2) is 23.2 Å². The summed E-state index contributed by atoms with van der Waals surface area (Å²) < 4.78 is 0. The first-order chi connectivity index (χ1) is 5.25. The number of aliphatic imine (C=N–C) groups is 1. The van der Waals surface area contributed by atoms with Gasteiger partial charge in [0.1, 0.15) is 0 Å². The Balaban J connectivity index is 3.20. The second-order valence-corrected chi connectivity index (χ2v) is 2.63. The molecule has 1 rings (SSSR count). The van der Waals surface area contributed by atoms with Gasteiger partial charge in [-0.3, -0.25) is 4.99 Å². The van der Waals surface area contributed by atoms with Gasteiger partial charge in [0.2, 0.25) is 0 Å². The smallest absolute Gasteiger partial charge is 0.0683 e. The number of aryl methyl sites for hydroxylation is 2. The monoisotopic (exact) mass is 147 g/mol. The lowest BCUT2D eigenvalue weighted by Crippen LogP contribution is -1.78. The van der Waals surface area contributed by atoms with E-state index in [4.69, 9.17) is 0 Å². The molecule has 0 amide bonds. The molecule has 11 heavy (non-hydrogen) atoms. The molecule has 0 bridgehead atoms. The topological polar surface area (TPSA) is 12.4 Å². The molecule has 58 valence electrons. The molecule has 0 aliphatic heterocycles. The lowest BCUT2D eigenvalue weighted by atomic mass is 10.1. The molecule has 1 heteroatoms. The number of hydrogen-bond acceptors (Lipinski definition) is 1. The van der Waals surface area contributed by atoms with Crippen LogP contribution in [0.2, 0.25) is 0 Å². The minimum atomic E-state index is 1.11. The van der Waals surface area contributed by atoms with Gasteiger partial charge in [-0.15, -0.1) is 0 Å². The van der Waals surface area contributed by atoms with Gasteiger partial charge in [0.15, 0.2) is 0 Å². The van der Waals surface area contributed by atoms with Crippen molar-refractivity contribution in [2.75, 3.05) is 0 Å². The molecular weight excluding hydrogens is 134 g/mol. The predicted octanol–water partition coefficient (Wildman–Crippen LogP) is 3.03. The third-order valence-electron chi connectivity index (χ3n) is 1.70. The lowest BCUT2D eigenvalue weighted by molar-refractivity contribution is 1.33. The molecule has 0 atom stereocenters. The summed E-state index contributed by atoms with van der Waals surface area (Å²) in [5, 5.41) is 0. The summed E-state index contributed by atoms with van der Waals surface area (Å²) in [5.74, 6) is 0. The van der Waals surface area contributed by atoms with Crippen LogP contribution < -0.4 is 0 Å². The fourth-order valence-corrected chi connectivity index (χ4v) is 1.14. The van der Waals surface area contributed by atoms with E-state index >= 15 is 0 Å². The van der Waals surface area contributed by atoms with Crippen molar-refractivity contribution in [3.8, 4) is 0 Å². The highest BCUT2D eigenvalue weighted by Crippen LogP contribution is 2.21. The van der Waals surface area contributed by atoms with Gasteiger partial charge in [-0.1, -0.05) is 18.2 Å². The van der Waals surface area contributed by atoms with Crippen LogP contribution in [-0.4, -0.2) is 6.21 Å². The van der Waals surface area contributed by atoms with Crippen molar-refractivity contribution in [2.24, 2.45) is 4.99 Å². The first-order valence-corrected chi connectivity index (χ1v) is 3.80. The summed E-state index contributed by atoms with van der Waals surface area (Å²) in [6.45, 7) is 6.09. The summed E-state index contributed by atoms with van der Waals surface area (Å²) in [7, 11) is 0. The molecule has 0 radical (unpaired) electrons. The summed E-state index contributed by atoms with van der Waals surface area (Å²) in [5.41, 5.74) is 3.58. The van der Waals surface area contributed by atoms with E-state index < -0.39 is 0 Å². The largest absolute Gasteiger partial charge is 0.261 e. The van der Waals surface area contributed by atoms with Crippen molar-refractivity contribution >= 4 is 11.9 Å². The third kappa shape index (κ3) is 1.67. The fourth-order valence-electron chi connectivity index (χ4n) is 1.14. The van der Waals surface area contributed by atoms with Crippen molar-refractivity contribution in [3.05, 3.63) is 29.3 Å². The van der Waals surface area contributed by atoms with Gasteiger partial charge < -0.3 is 0 Å². The Bertz CT molecular complexity index is 254. The maximum absolute atomic E-state index is 4.28. The summed E-state index contributed by atoms with van der Waals surface area (Å²) in [4.78, 5) is 4.28. The van der Waals surface area contributed by atoms with Crippen LogP contribution in [0.4, 0.5) is 5.69 Å². The standard InChI is InChI=1S/C10H13N/c1-4-11-10-8(2)6-5-7-9(10)3/h4-7H,1-3H3/b11-4+. The van der Waals surface area contributed by atoms with Crippen LogP contribution in [-0.2, 0) is 0 Å². The quantitative estimate of drug-likeness (QED) is 0.541. The highest BCUT2D eigenvalue weighted by Gasteiger charge is 1.96. The Morgan fingerprint density at radius 2 is 1.73 bits per heavy atom. The Hall–Kier alpha value is -1.11. The van der Waals surface area contributed by atoms with Crippen LogP contribution in [0.5, 0.6) is 0 Å². The Morgan fingerprint density at radius 1 is 1.18 bits per heavy atom. The van der Waals surface area contributed by atoms with E-state index in [0.29, 0.717) is 0 Å². The summed E-state index contributed by atoms with van der Waals surface area (Å²) in [6, 6.07) is 6.21.